The first-order valence-corrected chi connectivity index (χ1v) is 5.78. The van der Waals surface area contributed by atoms with E-state index in [1.54, 1.807) is 11.8 Å². The van der Waals surface area contributed by atoms with Gasteiger partial charge >= 0.3 is 6.09 Å². The Bertz CT molecular complexity index is 280. The van der Waals surface area contributed by atoms with Gasteiger partial charge in [0.25, 0.3) is 0 Å². The highest BCUT2D eigenvalue weighted by atomic mass is 16.6. The van der Waals surface area contributed by atoms with Crippen LogP contribution in [0.5, 0.6) is 0 Å². The van der Waals surface area contributed by atoms with Crippen molar-refractivity contribution >= 4 is 11.9 Å². The molecule has 92 valence electrons. The lowest BCUT2D eigenvalue weighted by Crippen LogP contribution is -2.40. The standard InChI is InChI=1S/C12H21NO3/c1-9(14)8-10-6-5-7-13(10)11(15)16-12(2,3)4/h10H,5-8H2,1-4H3. The molecule has 0 saturated carbocycles. The summed E-state index contributed by atoms with van der Waals surface area (Å²) in [6, 6.07) is 0.0346. The second kappa shape index (κ2) is 4.85. The van der Waals surface area contributed by atoms with Gasteiger partial charge in [-0.2, -0.15) is 0 Å². The first kappa shape index (κ1) is 13.0. The molecule has 0 spiro atoms. The fourth-order valence-corrected chi connectivity index (χ4v) is 1.94. The molecule has 1 rings (SSSR count). The molecule has 1 amide bonds. The molecule has 1 unspecified atom stereocenters. The Morgan fingerprint density at radius 3 is 2.50 bits per heavy atom. The molecular formula is C12H21NO3. The number of ketones is 1. The third-order valence-corrected chi connectivity index (χ3v) is 2.53. The topological polar surface area (TPSA) is 46.6 Å². The van der Waals surface area contributed by atoms with E-state index in [4.69, 9.17) is 4.74 Å². The number of carbonyl (C=O) groups is 2. The van der Waals surface area contributed by atoms with Crippen LogP contribution in [-0.2, 0) is 9.53 Å². The highest BCUT2D eigenvalue weighted by molar-refractivity contribution is 5.77. The summed E-state index contributed by atoms with van der Waals surface area (Å²) in [5, 5.41) is 0. The summed E-state index contributed by atoms with van der Waals surface area (Å²) in [6.45, 7) is 7.81. The number of hydrogen-bond donors (Lipinski definition) is 0. The molecule has 1 fully saturated rings. The summed E-state index contributed by atoms with van der Waals surface area (Å²) >= 11 is 0. The Balaban J connectivity index is 2.57. The van der Waals surface area contributed by atoms with Crippen molar-refractivity contribution in [3.8, 4) is 0 Å². The van der Waals surface area contributed by atoms with E-state index in [-0.39, 0.29) is 17.9 Å². The molecule has 0 aliphatic carbocycles. The fourth-order valence-electron chi connectivity index (χ4n) is 1.94. The van der Waals surface area contributed by atoms with Crippen LogP contribution < -0.4 is 0 Å². The highest BCUT2D eigenvalue weighted by Crippen LogP contribution is 2.23. The number of likely N-dealkylation sites (tertiary alicyclic amines) is 1. The van der Waals surface area contributed by atoms with Crippen molar-refractivity contribution in [2.45, 2.75) is 58.6 Å². The number of ether oxygens (including phenoxy) is 1. The normalized spacial score (nSPS) is 21.0. The summed E-state index contributed by atoms with van der Waals surface area (Å²) in [5.74, 6) is 0.125. The first-order chi connectivity index (χ1) is 7.29. The first-order valence-electron chi connectivity index (χ1n) is 5.78. The van der Waals surface area contributed by atoms with Gasteiger partial charge in [0.05, 0.1) is 0 Å². The fraction of sp³-hybridized carbons (Fsp3) is 0.833. The van der Waals surface area contributed by atoms with E-state index >= 15 is 0 Å². The Hall–Kier alpha value is -1.06. The molecule has 0 bridgehead atoms. The van der Waals surface area contributed by atoms with E-state index in [1.165, 1.54) is 0 Å². The monoisotopic (exact) mass is 227 g/mol. The summed E-state index contributed by atoms with van der Waals surface area (Å²) in [6.07, 6.45) is 2.01. The van der Waals surface area contributed by atoms with Gasteiger partial charge in [-0.3, -0.25) is 4.79 Å². The molecule has 0 N–H and O–H groups in total. The zero-order chi connectivity index (χ0) is 12.3. The van der Waals surface area contributed by atoms with Crippen molar-refractivity contribution in [2.24, 2.45) is 0 Å². The van der Waals surface area contributed by atoms with E-state index in [0.29, 0.717) is 13.0 Å². The van der Waals surface area contributed by atoms with E-state index < -0.39 is 5.60 Å². The molecule has 4 nitrogen and oxygen atoms in total. The average Bonchev–Trinajstić information content (AvgIpc) is 2.47. The summed E-state index contributed by atoms with van der Waals surface area (Å²) < 4.78 is 5.31. The van der Waals surface area contributed by atoms with Gasteiger partial charge in [0.1, 0.15) is 11.4 Å². The molecule has 1 aliphatic heterocycles. The van der Waals surface area contributed by atoms with Crippen LogP contribution in [0.1, 0.15) is 47.0 Å². The van der Waals surface area contributed by atoms with Crippen molar-refractivity contribution < 1.29 is 14.3 Å². The zero-order valence-corrected chi connectivity index (χ0v) is 10.6. The SMILES string of the molecule is CC(=O)CC1CCCN1C(=O)OC(C)(C)C. The third kappa shape index (κ3) is 3.83. The van der Waals surface area contributed by atoms with Crippen molar-refractivity contribution in [1.82, 2.24) is 4.90 Å². The summed E-state index contributed by atoms with van der Waals surface area (Å²) in [7, 11) is 0. The Morgan fingerprint density at radius 2 is 2.00 bits per heavy atom. The summed E-state index contributed by atoms with van der Waals surface area (Å²) in [5.41, 5.74) is -0.472. The van der Waals surface area contributed by atoms with Gasteiger partial charge < -0.3 is 9.64 Å². The van der Waals surface area contributed by atoms with Crippen LogP contribution in [0.15, 0.2) is 0 Å². The van der Waals surface area contributed by atoms with Gasteiger partial charge in [-0.05, 0) is 40.5 Å². The van der Waals surface area contributed by atoms with Crippen LogP contribution in [0.25, 0.3) is 0 Å². The molecule has 0 aromatic rings. The predicted octanol–water partition coefficient (Wildman–Crippen LogP) is 2.37. The smallest absolute Gasteiger partial charge is 0.410 e. The third-order valence-electron chi connectivity index (χ3n) is 2.53. The number of amides is 1. The minimum atomic E-state index is -0.472. The van der Waals surface area contributed by atoms with Crippen molar-refractivity contribution in [3.63, 3.8) is 0 Å². The van der Waals surface area contributed by atoms with Gasteiger partial charge in [-0.15, -0.1) is 0 Å². The van der Waals surface area contributed by atoms with Crippen LogP contribution >= 0.6 is 0 Å². The van der Waals surface area contributed by atoms with Crippen LogP contribution in [0, 0.1) is 0 Å². The number of Topliss-reactive ketones (excluding diaryl/α,β-unsaturated/α-hetero) is 1. The minimum Gasteiger partial charge on any atom is -0.444 e. The van der Waals surface area contributed by atoms with Gasteiger partial charge in [-0.1, -0.05) is 0 Å². The molecule has 16 heavy (non-hydrogen) atoms. The van der Waals surface area contributed by atoms with Crippen LogP contribution in [0.4, 0.5) is 4.79 Å². The van der Waals surface area contributed by atoms with Crippen molar-refractivity contribution in [3.05, 3.63) is 0 Å². The summed E-state index contributed by atoms with van der Waals surface area (Å²) in [4.78, 5) is 24.6. The lowest BCUT2D eigenvalue weighted by molar-refractivity contribution is -0.117. The van der Waals surface area contributed by atoms with E-state index in [0.717, 1.165) is 12.8 Å². The van der Waals surface area contributed by atoms with Crippen LogP contribution in [-0.4, -0.2) is 35.0 Å². The lowest BCUT2D eigenvalue weighted by Gasteiger charge is -2.28. The largest absolute Gasteiger partial charge is 0.444 e. The lowest BCUT2D eigenvalue weighted by atomic mass is 10.1. The van der Waals surface area contributed by atoms with E-state index in [9.17, 15) is 9.59 Å². The maximum Gasteiger partial charge on any atom is 0.410 e. The molecule has 1 atom stereocenters. The number of hydrogen-bond acceptors (Lipinski definition) is 3. The maximum absolute atomic E-state index is 11.8. The zero-order valence-electron chi connectivity index (χ0n) is 10.6. The Morgan fingerprint density at radius 1 is 1.38 bits per heavy atom. The van der Waals surface area contributed by atoms with Gasteiger partial charge in [0.15, 0.2) is 0 Å². The Kier molecular flexibility index (Phi) is 3.94. The van der Waals surface area contributed by atoms with Gasteiger partial charge in [0.2, 0.25) is 0 Å². The molecule has 1 aliphatic rings. The maximum atomic E-state index is 11.8. The van der Waals surface area contributed by atoms with Crippen LogP contribution in [0.3, 0.4) is 0 Å². The Labute approximate surface area is 96.9 Å². The average molecular weight is 227 g/mol. The molecule has 0 aromatic heterocycles. The highest BCUT2D eigenvalue weighted by Gasteiger charge is 2.32. The van der Waals surface area contributed by atoms with E-state index in [1.807, 2.05) is 20.8 Å². The quantitative estimate of drug-likeness (QED) is 0.727. The molecule has 1 heterocycles. The predicted molar refractivity (Wildman–Crippen MR) is 61.3 cm³/mol. The molecule has 4 heteroatoms. The van der Waals surface area contributed by atoms with Crippen molar-refractivity contribution in [1.29, 1.82) is 0 Å². The molecular weight excluding hydrogens is 206 g/mol. The van der Waals surface area contributed by atoms with Crippen molar-refractivity contribution in [2.75, 3.05) is 6.54 Å². The van der Waals surface area contributed by atoms with E-state index in [2.05, 4.69) is 0 Å². The second-order valence-electron chi connectivity index (χ2n) is 5.38. The van der Waals surface area contributed by atoms with Crippen LogP contribution in [0.2, 0.25) is 0 Å². The molecule has 0 radical (unpaired) electrons. The molecule has 1 saturated heterocycles. The number of rotatable bonds is 2. The second-order valence-corrected chi connectivity index (χ2v) is 5.38. The van der Waals surface area contributed by atoms with Gasteiger partial charge in [-0.25, -0.2) is 4.79 Å². The molecule has 0 aromatic carbocycles. The van der Waals surface area contributed by atoms with Gasteiger partial charge in [0, 0.05) is 19.0 Å². The number of nitrogens with zero attached hydrogens (tertiary/aromatic N) is 1. The number of carbonyl (C=O) groups excluding carboxylic acids is 2. The minimum absolute atomic E-state index is 0.0346.